The van der Waals surface area contributed by atoms with Gasteiger partial charge in [0.05, 0.1) is 6.42 Å². The van der Waals surface area contributed by atoms with Gasteiger partial charge in [-0.05, 0) is 12.8 Å². The Morgan fingerprint density at radius 3 is 2.25 bits per heavy atom. The molecule has 0 amide bonds. The highest BCUT2D eigenvalue weighted by atomic mass is 32.2. The Morgan fingerprint density at radius 1 is 1.12 bits per heavy atom. The van der Waals surface area contributed by atoms with Crippen LogP contribution in [-0.4, -0.2) is 27.4 Å². The summed E-state index contributed by atoms with van der Waals surface area (Å²) in [7, 11) is 0. The minimum absolute atomic E-state index is 0.0136. The third kappa shape index (κ3) is 10.2. The number of thioether (sulfide) groups is 1. The topological polar surface area (TPSA) is 54.4 Å². The maximum Gasteiger partial charge on any atom is 0.196 e. The third-order valence-corrected chi connectivity index (χ3v) is 2.86. The van der Waals surface area contributed by atoms with E-state index in [4.69, 9.17) is 5.11 Å². The van der Waals surface area contributed by atoms with E-state index in [-0.39, 0.29) is 28.7 Å². The molecule has 0 spiro atoms. The van der Waals surface area contributed by atoms with Crippen molar-refractivity contribution in [2.75, 3.05) is 6.61 Å². The Kier molecular flexibility index (Phi) is 7.68. The summed E-state index contributed by atoms with van der Waals surface area (Å²) in [6, 6.07) is 0. The van der Waals surface area contributed by atoms with Gasteiger partial charge in [-0.15, -0.1) is 0 Å². The van der Waals surface area contributed by atoms with Gasteiger partial charge >= 0.3 is 0 Å². The highest BCUT2D eigenvalue weighted by molar-refractivity contribution is 8.14. The summed E-state index contributed by atoms with van der Waals surface area (Å²) in [6.45, 7) is 6.05. The predicted molar refractivity (Wildman–Crippen MR) is 67.5 cm³/mol. The van der Waals surface area contributed by atoms with Gasteiger partial charge in [0.15, 0.2) is 5.12 Å². The van der Waals surface area contributed by atoms with Crippen molar-refractivity contribution in [3.8, 4) is 0 Å². The van der Waals surface area contributed by atoms with Crippen LogP contribution in [0.25, 0.3) is 0 Å². The van der Waals surface area contributed by atoms with Gasteiger partial charge in [-0.1, -0.05) is 39.0 Å². The smallest absolute Gasteiger partial charge is 0.196 e. The van der Waals surface area contributed by atoms with Gasteiger partial charge in [0.2, 0.25) is 0 Å². The molecule has 0 aliphatic heterocycles. The van der Waals surface area contributed by atoms with E-state index in [1.54, 1.807) is 0 Å². The number of rotatable bonds is 7. The first-order chi connectivity index (χ1) is 7.35. The predicted octanol–water partition coefficient (Wildman–Crippen LogP) is 2.56. The Morgan fingerprint density at radius 2 is 1.75 bits per heavy atom. The number of carbonyl (C=O) groups is 2. The second-order valence-electron chi connectivity index (χ2n) is 4.84. The molecule has 94 valence electrons. The number of unbranched alkanes of at least 4 members (excludes halogenated alkanes) is 2. The van der Waals surface area contributed by atoms with Crippen LogP contribution in [0.1, 0.15) is 52.9 Å². The van der Waals surface area contributed by atoms with E-state index in [2.05, 4.69) is 0 Å². The lowest BCUT2D eigenvalue weighted by molar-refractivity contribution is -0.123. The lowest BCUT2D eigenvalue weighted by atomic mass is 10.1. The van der Waals surface area contributed by atoms with E-state index >= 15 is 0 Å². The van der Waals surface area contributed by atoms with Crippen molar-refractivity contribution in [3.05, 3.63) is 0 Å². The molecule has 0 aromatic heterocycles. The molecule has 0 aliphatic carbocycles. The first-order valence-corrected chi connectivity index (χ1v) is 6.51. The van der Waals surface area contributed by atoms with Crippen LogP contribution in [0.4, 0.5) is 0 Å². The molecular formula is C12H22O3S. The monoisotopic (exact) mass is 246 g/mol. The molecule has 0 bridgehead atoms. The molecule has 0 heterocycles. The molecule has 16 heavy (non-hydrogen) atoms. The zero-order chi connectivity index (χ0) is 12.6. The molecule has 0 saturated heterocycles. The van der Waals surface area contributed by atoms with Crippen molar-refractivity contribution in [3.63, 3.8) is 0 Å². The fourth-order valence-electron chi connectivity index (χ4n) is 1.24. The van der Waals surface area contributed by atoms with E-state index in [1.807, 2.05) is 20.8 Å². The highest BCUT2D eigenvalue weighted by Gasteiger charge is 2.18. The first kappa shape index (κ1) is 15.7. The van der Waals surface area contributed by atoms with Gasteiger partial charge in [0.1, 0.15) is 5.78 Å². The first-order valence-electron chi connectivity index (χ1n) is 5.69. The van der Waals surface area contributed by atoms with E-state index in [0.29, 0.717) is 6.42 Å². The van der Waals surface area contributed by atoms with E-state index < -0.39 is 0 Å². The number of ketones is 1. The molecule has 0 aromatic carbocycles. The molecule has 0 radical (unpaired) electrons. The Bertz CT molecular complexity index is 231. The number of carbonyl (C=O) groups excluding carboxylic acids is 2. The van der Waals surface area contributed by atoms with Crippen molar-refractivity contribution in [1.29, 1.82) is 0 Å². The molecule has 0 aromatic rings. The van der Waals surface area contributed by atoms with Gasteiger partial charge in [0.25, 0.3) is 0 Å². The van der Waals surface area contributed by atoms with Crippen LogP contribution >= 0.6 is 11.8 Å². The standard InChI is InChI=1S/C12H22O3S/c1-12(2,3)16-11(15)9-10(14)7-5-4-6-8-13/h13H,4-9H2,1-3H3. The van der Waals surface area contributed by atoms with Crippen molar-refractivity contribution in [2.45, 2.75) is 57.6 Å². The molecule has 0 atom stereocenters. The number of aliphatic hydroxyl groups is 1. The van der Waals surface area contributed by atoms with Crippen LogP contribution in [0.5, 0.6) is 0 Å². The molecule has 0 fully saturated rings. The van der Waals surface area contributed by atoms with E-state index in [0.717, 1.165) is 19.3 Å². The maximum atomic E-state index is 11.5. The number of hydrogen-bond donors (Lipinski definition) is 1. The van der Waals surface area contributed by atoms with Crippen LogP contribution in [0.2, 0.25) is 0 Å². The normalized spacial score (nSPS) is 11.5. The van der Waals surface area contributed by atoms with Crippen molar-refractivity contribution >= 4 is 22.7 Å². The van der Waals surface area contributed by atoms with E-state index in [9.17, 15) is 9.59 Å². The van der Waals surface area contributed by atoms with Gasteiger partial charge < -0.3 is 5.11 Å². The summed E-state index contributed by atoms with van der Waals surface area (Å²) < 4.78 is -0.117. The summed E-state index contributed by atoms with van der Waals surface area (Å²) in [4.78, 5) is 22.9. The van der Waals surface area contributed by atoms with Crippen molar-refractivity contribution in [2.24, 2.45) is 0 Å². The third-order valence-electron chi connectivity index (χ3n) is 1.88. The summed E-state index contributed by atoms with van der Waals surface area (Å²) in [5.74, 6) is 0.0136. The maximum absolute atomic E-state index is 11.5. The van der Waals surface area contributed by atoms with Crippen LogP contribution in [0, 0.1) is 0 Å². The van der Waals surface area contributed by atoms with Gasteiger partial charge in [-0.25, -0.2) is 0 Å². The molecule has 0 aliphatic rings. The number of hydrogen-bond acceptors (Lipinski definition) is 4. The van der Waals surface area contributed by atoms with Crippen LogP contribution in [0.3, 0.4) is 0 Å². The molecule has 3 nitrogen and oxygen atoms in total. The van der Waals surface area contributed by atoms with Gasteiger partial charge in [-0.2, -0.15) is 0 Å². The fourth-order valence-corrected chi connectivity index (χ4v) is 2.15. The van der Waals surface area contributed by atoms with Crippen LogP contribution in [0.15, 0.2) is 0 Å². The fraction of sp³-hybridized carbons (Fsp3) is 0.833. The Labute approximate surface area is 102 Å². The quantitative estimate of drug-likeness (QED) is 0.554. The second kappa shape index (κ2) is 7.85. The van der Waals surface area contributed by atoms with Crippen molar-refractivity contribution in [1.82, 2.24) is 0 Å². The molecule has 1 N–H and O–H groups in total. The van der Waals surface area contributed by atoms with Crippen LogP contribution in [-0.2, 0) is 9.59 Å². The van der Waals surface area contributed by atoms with Crippen molar-refractivity contribution < 1.29 is 14.7 Å². The molecule has 0 saturated carbocycles. The van der Waals surface area contributed by atoms with E-state index in [1.165, 1.54) is 11.8 Å². The Hall–Kier alpha value is -0.350. The Balaban J connectivity index is 3.67. The molecular weight excluding hydrogens is 224 g/mol. The zero-order valence-corrected chi connectivity index (χ0v) is 11.2. The molecule has 0 unspecified atom stereocenters. The zero-order valence-electron chi connectivity index (χ0n) is 10.4. The largest absolute Gasteiger partial charge is 0.396 e. The average molecular weight is 246 g/mol. The summed E-state index contributed by atoms with van der Waals surface area (Å²) >= 11 is 1.23. The number of aliphatic hydroxyl groups excluding tert-OH is 1. The minimum atomic E-state index is -0.117. The lowest BCUT2D eigenvalue weighted by Crippen LogP contribution is -2.14. The summed E-state index contributed by atoms with van der Waals surface area (Å²) in [5.41, 5.74) is 0. The lowest BCUT2D eigenvalue weighted by Gasteiger charge is -2.15. The van der Waals surface area contributed by atoms with Gasteiger partial charge in [-0.3, -0.25) is 9.59 Å². The van der Waals surface area contributed by atoms with Gasteiger partial charge in [0, 0.05) is 17.8 Å². The minimum Gasteiger partial charge on any atom is -0.396 e. The molecule has 0 rings (SSSR count). The summed E-state index contributed by atoms with van der Waals surface area (Å²) in [5, 5.41) is 8.52. The van der Waals surface area contributed by atoms with Crippen LogP contribution < -0.4 is 0 Å². The SMILES string of the molecule is CC(C)(C)SC(=O)CC(=O)CCCCCO. The summed E-state index contributed by atoms with van der Waals surface area (Å²) in [6.07, 6.45) is 2.85. The highest BCUT2D eigenvalue weighted by Crippen LogP contribution is 2.25. The number of Topliss-reactive ketones (excluding diaryl/α,β-unsaturated/α-hetero) is 1. The average Bonchev–Trinajstić information content (AvgIpc) is 2.09. The second-order valence-corrected chi connectivity index (χ2v) is 6.72. The molecule has 4 heteroatoms.